The molecule has 0 fully saturated rings. The number of rotatable bonds is 6. The van der Waals surface area contributed by atoms with Crippen molar-refractivity contribution in [2.45, 2.75) is 26.3 Å². The zero-order valence-corrected chi connectivity index (χ0v) is 13.5. The molecule has 0 bridgehead atoms. The average molecular weight is 289 g/mol. The zero-order valence-electron chi connectivity index (χ0n) is 12.6. The molecule has 1 N–H and O–H groups in total. The van der Waals surface area contributed by atoms with E-state index in [1.165, 1.54) is 16.0 Å². The van der Waals surface area contributed by atoms with E-state index in [-0.39, 0.29) is 6.04 Å². The van der Waals surface area contributed by atoms with Crippen LogP contribution in [0.1, 0.15) is 35.9 Å². The van der Waals surface area contributed by atoms with Gasteiger partial charge in [-0.3, -0.25) is 0 Å². The molecule has 1 aromatic heterocycles. The first-order chi connectivity index (χ1) is 9.63. The molecule has 0 aliphatic rings. The van der Waals surface area contributed by atoms with Gasteiger partial charge in [0.25, 0.3) is 0 Å². The lowest BCUT2D eigenvalue weighted by atomic mass is 9.99. The van der Waals surface area contributed by atoms with E-state index in [2.05, 4.69) is 49.5 Å². The number of thiophene rings is 1. The van der Waals surface area contributed by atoms with Gasteiger partial charge in [-0.05, 0) is 36.6 Å². The molecule has 0 saturated heterocycles. The van der Waals surface area contributed by atoms with Gasteiger partial charge in [0.1, 0.15) is 5.75 Å². The van der Waals surface area contributed by atoms with E-state index < -0.39 is 0 Å². The number of nitrogens with one attached hydrogen (secondary N) is 1. The van der Waals surface area contributed by atoms with Crippen LogP contribution >= 0.6 is 11.3 Å². The van der Waals surface area contributed by atoms with E-state index in [9.17, 15) is 0 Å². The summed E-state index contributed by atoms with van der Waals surface area (Å²) in [5.74, 6) is 1.63. The number of hydrogen-bond donors (Lipinski definition) is 1. The van der Waals surface area contributed by atoms with Crippen LogP contribution in [0.15, 0.2) is 35.7 Å². The molecule has 2 rings (SSSR count). The van der Waals surface area contributed by atoms with Gasteiger partial charge in [-0.2, -0.15) is 0 Å². The van der Waals surface area contributed by atoms with Crippen molar-refractivity contribution in [2.24, 2.45) is 5.92 Å². The second kappa shape index (κ2) is 6.91. The topological polar surface area (TPSA) is 21.3 Å². The maximum Gasteiger partial charge on any atom is 0.129 e. The third-order valence-corrected chi connectivity index (χ3v) is 4.34. The normalized spacial score (nSPS) is 12.7. The van der Waals surface area contributed by atoms with E-state index in [0.717, 1.165) is 12.2 Å². The third kappa shape index (κ3) is 3.62. The number of methoxy groups -OCH3 is 1. The van der Waals surface area contributed by atoms with Crippen molar-refractivity contribution in [2.75, 3.05) is 14.2 Å². The Morgan fingerprint density at radius 3 is 2.40 bits per heavy atom. The molecular formula is C17H23NOS. The first kappa shape index (κ1) is 15.1. The summed E-state index contributed by atoms with van der Waals surface area (Å²) in [6.07, 6.45) is 1.14. The van der Waals surface area contributed by atoms with Crippen LogP contribution in [-0.2, 0) is 6.42 Å². The van der Waals surface area contributed by atoms with Crippen molar-refractivity contribution in [3.05, 3.63) is 51.7 Å². The van der Waals surface area contributed by atoms with Crippen LogP contribution in [0.25, 0.3) is 0 Å². The predicted octanol–water partition coefficient (Wildman–Crippen LogP) is 4.26. The molecule has 1 atom stereocenters. The summed E-state index contributed by atoms with van der Waals surface area (Å²) in [5, 5.41) is 5.44. The molecule has 1 unspecified atom stereocenters. The van der Waals surface area contributed by atoms with Gasteiger partial charge in [-0.1, -0.05) is 38.1 Å². The second-order valence-corrected chi connectivity index (χ2v) is 6.39. The van der Waals surface area contributed by atoms with Gasteiger partial charge in [0.15, 0.2) is 0 Å². The highest BCUT2D eigenvalue weighted by molar-refractivity contribution is 7.10. The van der Waals surface area contributed by atoms with E-state index >= 15 is 0 Å². The molecule has 0 amide bonds. The van der Waals surface area contributed by atoms with Crippen LogP contribution in [0.4, 0.5) is 0 Å². The highest BCUT2D eigenvalue weighted by atomic mass is 32.1. The standard InChI is InChI=1S/C17H23NOS/c1-12(2)9-13-5-7-14(8-6-13)17(18-3)16-10-15(19-4)11-20-16/h5-8,10-12,17-18H,9H2,1-4H3. The summed E-state index contributed by atoms with van der Waals surface area (Å²) in [6.45, 7) is 4.50. The van der Waals surface area contributed by atoms with Crippen molar-refractivity contribution in [3.63, 3.8) is 0 Å². The summed E-state index contributed by atoms with van der Waals surface area (Å²) in [7, 11) is 3.71. The summed E-state index contributed by atoms with van der Waals surface area (Å²) < 4.78 is 5.27. The molecular weight excluding hydrogens is 266 g/mol. The molecule has 0 aliphatic heterocycles. The fourth-order valence-electron chi connectivity index (χ4n) is 2.38. The first-order valence-corrected chi connectivity index (χ1v) is 7.90. The van der Waals surface area contributed by atoms with Crippen molar-refractivity contribution in [3.8, 4) is 5.75 Å². The molecule has 108 valence electrons. The van der Waals surface area contributed by atoms with Crippen molar-refractivity contribution < 1.29 is 4.74 Å². The average Bonchev–Trinajstić information content (AvgIpc) is 2.90. The molecule has 0 aliphatic carbocycles. The van der Waals surface area contributed by atoms with Crippen LogP contribution in [0.5, 0.6) is 5.75 Å². The Bertz CT molecular complexity index is 530. The van der Waals surface area contributed by atoms with E-state index in [1.54, 1.807) is 18.4 Å². The molecule has 0 saturated carbocycles. The molecule has 1 aromatic carbocycles. The highest BCUT2D eigenvalue weighted by Crippen LogP contribution is 2.31. The Kier molecular flexibility index (Phi) is 5.21. The molecule has 0 radical (unpaired) electrons. The molecule has 1 heterocycles. The predicted molar refractivity (Wildman–Crippen MR) is 86.8 cm³/mol. The lowest BCUT2D eigenvalue weighted by molar-refractivity contribution is 0.416. The molecule has 0 spiro atoms. The van der Waals surface area contributed by atoms with Gasteiger partial charge >= 0.3 is 0 Å². The quantitative estimate of drug-likeness (QED) is 0.857. The second-order valence-electron chi connectivity index (χ2n) is 5.45. The van der Waals surface area contributed by atoms with Gasteiger partial charge < -0.3 is 10.1 Å². The molecule has 2 nitrogen and oxygen atoms in total. The van der Waals surface area contributed by atoms with Gasteiger partial charge in [0.05, 0.1) is 13.2 Å². The maximum absolute atomic E-state index is 5.27. The monoisotopic (exact) mass is 289 g/mol. The van der Waals surface area contributed by atoms with Gasteiger partial charge in [-0.15, -0.1) is 11.3 Å². The Hall–Kier alpha value is -1.32. The Morgan fingerprint density at radius 1 is 1.20 bits per heavy atom. The highest BCUT2D eigenvalue weighted by Gasteiger charge is 2.14. The van der Waals surface area contributed by atoms with Gasteiger partial charge in [0, 0.05) is 10.3 Å². The van der Waals surface area contributed by atoms with Crippen LogP contribution in [0.2, 0.25) is 0 Å². The minimum absolute atomic E-state index is 0.233. The van der Waals surface area contributed by atoms with Crippen LogP contribution in [0.3, 0.4) is 0 Å². The largest absolute Gasteiger partial charge is 0.496 e. The Labute approximate surface area is 125 Å². The fraction of sp³-hybridized carbons (Fsp3) is 0.412. The van der Waals surface area contributed by atoms with E-state index in [4.69, 9.17) is 4.74 Å². The number of benzene rings is 1. The molecule has 20 heavy (non-hydrogen) atoms. The summed E-state index contributed by atoms with van der Waals surface area (Å²) >= 11 is 1.73. The minimum Gasteiger partial charge on any atom is -0.496 e. The lowest BCUT2D eigenvalue weighted by Crippen LogP contribution is -2.16. The van der Waals surface area contributed by atoms with Crippen LogP contribution in [0, 0.1) is 5.92 Å². The van der Waals surface area contributed by atoms with Crippen molar-refractivity contribution in [1.29, 1.82) is 0 Å². The molecule has 3 heteroatoms. The van der Waals surface area contributed by atoms with Gasteiger partial charge in [0.2, 0.25) is 0 Å². The number of hydrogen-bond acceptors (Lipinski definition) is 3. The van der Waals surface area contributed by atoms with Crippen molar-refractivity contribution >= 4 is 11.3 Å². The third-order valence-electron chi connectivity index (χ3n) is 3.36. The van der Waals surface area contributed by atoms with E-state index in [1.807, 2.05) is 12.4 Å². The molecule has 2 aromatic rings. The SMILES string of the molecule is CNC(c1ccc(CC(C)C)cc1)c1cc(OC)cs1. The van der Waals surface area contributed by atoms with E-state index in [0.29, 0.717) is 5.92 Å². The van der Waals surface area contributed by atoms with Crippen LogP contribution < -0.4 is 10.1 Å². The summed E-state index contributed by atoms with van der Waals surface area (Å²) in [5.41, 5.74) is 2.70. The summed E-state index contributed by atoms with van der Waals surface area (Å²) in [4.78, 5) is 1.28. The van der Waals surface area contributed by atoms with Gasteiger partial charge in [-0.25, -0.2) is 0 Å². The zero-order chi connectivity index (χ0) is 14.5. The lowest BCUT2D eigenvalue weighted by Gasteiger charge is -2.16. The minimum atomic E-state index is 0.233. The van der Waals surface area contributed by atoms with Crippen LogP contribution in [-0.4, -0.2) is 14.2 Å². The maximum atomic E-state index is 5.27. The fourth-order valence-corrected chi connectivity index (χ4v) is 3.37. The first-order valence-electron chi connectivity index (χ1n) is 7.02. The smallest absolute Gasteiger partial charge is 0.129 e. The Balaban J connectivity index is 2.18. The number of ether oxygens (including phenoxy) is 1. The summed E-state index contributed by atoms with van der Waals surface area (Å²) in [6, 6.07) is 11.3. The Morgan fingerprint density at radius 2 is 1.90 bits per heavy atom. The van der Waals surface area contributed by atoms with Crippen molar-refractivity contribution in [1.82, 2.24) is 5.32 Å².